The van der Waals surface area contributed by atoms with Gasteiger partial charge in [-0.2, -0.15) is 0 Å². The van der Waals surface area contributed by atoms with E-state index in [1.165, 1.54) is 0 Å². The molecule has 1 aromatic rings. The number of para-hydroxylation sites is 1. The van der Waals surface area contributed by atoms with Gasteiger partial charge in [-0.25, -0.2) is 0 Å². The third-order valence-corrected chi connectivity index (χ3v) is 3.18. The van der Waals surface area contributed by atoms with E-state index in [9.17, 15) is 9.90 Å². The van der Waals surface area contributed by atoms with Crippen LogP contribution in [-0.2, 0) is 4.79 Å². The molecule has 0 saturated heterocycles. The number of amides is 1. The fourth-order valence-corrected chi connectivity index (χ4v) is 2.10. The molecule has 0 fully saturated rings. The van der Waals surface area contributed by atoms with Gasteiger partial charge in [-0.3, -0.25) is 9.69 Å². The average Bonchev–Trinajstić information content (AvgIpc) is 2.39. The predicted octanol–water partition coefficient (Wildman–Crippen LogP) is 1.91. The number of nitrogens with zero attached hydrogens (tertiary/aromatic N) is 1. The van der Waals surface area contributed by atoms with Crippen molar-refractivity contribution in [3.63, 3.8) is 0 Å². The molecular formula is C14H22N2O2. The Morgan fingerprint density at radius 3 is 2.67 bits per heavy atom. The lowest BCUT2D eigenvalue weighted by molar-refractivity contribution is -0.121. The van der Waals surface area contributed by atoms with E-state index in [4.69, 9.17) is 0 Å². The molecular weight excluding hydrogens is 228 g/mol. The van der Waals surface area contributed by atoms with Crippen LogP contribution >= 0.6 is 0 Å². The topological polar surface area (TPSA) is 52.6 Å². The maximum Gasteiger partial charge on any atom is 0.221 e. The van der Waals surface area contributed by atoms with Gasteiger partial charge >= 0.3 is 0 Å². The second-order valence-corrected chi connectivity index (χ2v) is 4.39. The van der Waals surface area contributed by atoms with Crippen LogP contribution in [0.2, 0.25) is 0 Å². The van der Waals surface area contributed by atoms with Gasteiger partial charge in [0.1, 0.15) is 5.75 Å². The van der Waals surface area contributed by atoms with Crippen molar-refractivity contribution in [3.05, 3.63) is 29.8 Å². The van der Waals surface area contributed by atoms with E-state index in [0.717, 1.165) is 12.0 Å². The molecule has 0 radical (unpaired) electrons. The Balaban J connectivity index is 2.71. The maximum atomic E-state index is 11.2. The second kappa shape index (κ2) is 7.01. The Labute approximate surface area is 109 Å². The fraction of sp³-hybridized carbons (Fsp3) is 0.500. The molecule has 0 aliphatic carbocycles. The summed E-state index contributed by atoms with van der Waals surface area (Å²) >= 11 is 0. The van der Waals surface area contributed by atoms with Crippen LogP contribution in [0.3, 0.4) is 0 Å². The normalized spacial score (nSPS) is 12.4. The molecule has 0 heterocycles. The molecule has 0 saturated carbocycles. The molecule has 4 heteroatoms. The molecule has 0 spiro atoms. The van der Waals surface area contributed by atoms with Gasteiger partial charge in [-0.1, -0.05) is 25.1 Å². The number of aromatic hydroxyl groups is 1. The summed E-state index contributed by atoms with van der Waals surface area (Å²) in [4.78, 5) is 13.3. The largest absolute Gasteiger partial charge is 0.508 e. The minimum Gasteiger partial charge on any atom is -0.508 e. The number of carbonyl (C=O) groups excluding carboxylic acids is 1. The highest BCUT2D eigenvalue weighted by atomic mass is 16.3. The van der Waals surface area contributed by atoms with Crippen molar-refractivity contribution in [2.75, 3.05) is 20.6 Å². The van der Waals surface area contributed by atoms with Crippen molar-refractivity contribution in [2.45, 2.75) is 25.8 Å². The summed E-state index contributed by atoms with van der Waals surface area (Å²) in [6, 6.07) is 7.50. The summed E-state index contributed by atoms with van der Waals surface area (Å²) in [7, 11) is 3.62. The third kappa shape index (κ3) is 3.74. The first-order valence-corrected chi connectivity index (χ1v) is 6.28. The van der Waals surface area contributed by atoms with Crippen LogP contribution in [0.1, 0.15) is 31.4 Å². The quantitative estimate of drug-likeness (QED) is 0.811. The van der Waals surface area contributed by atoms with E-state index in [1.54, 1.807) is 13.1 Å². The molecule has 1 aromatic carbocycles. The standard InChI is InChI=1S/C14H22N2O2/c1-4-12(11-7-5-6-8-13(11)17)16(3)10-9-14(18)15-2/h5-8,12,17H,4,9-10H2,1-3H3,(H,15,18). The Bertz CT molecular complexity index is 393. The van der Waals surface area contributed by atoms with E-state index < -0.39 is 0 Å². The van der Waals surface area contributed by atoms with Gasteiger partial charge in [0, 0.05) is 31.6 Å². The van der Waals surface area contributed by atoms with Crippen molar-refractivity contribution in [1.82, 2.24) is 10.2 Å². The Kier molecular flexibility index (Phi) is 5.65. The lowest BCUT2D eigenvalue weighted by Gasteiger charge is -2.27. The van der Waals surface area contributed by atoms with Gasteiger partial charge in [0.2, 0.25) is 5.91 Å². The highest BCUT2D eigenvalue weighted by Gasteiger charge is 2.18. The molecule has 1 unspecified atom stereocenters. The fourth-order valence-electron chi connectivity index (χ4n) is 2.10. The molecule has 1 atom stereocenters. The molecule has 4 nitrogen and oxygen atoms in total. The molecule has 0 aliphatic rings. The summed E-state index contributed by atoms with van der Waals surface area (Å²) in [6.45, 7) is 2.75. The predicted molar refractivity (Wildman–Crippen MR) is 72.5 cm³/mol. The number of carbonyl (C=O) groups is 1. The van der Waals surface area contributed by atoms with Crippen molar-refractivity contribution in [1.29, 1.82) is 0 Å². The lowest BCUT2D eigenvalue weighted by Crippen LogP contribution is -2.29. The van der Waals surface area contributed by atoms with Crippen LogP contribution in [0.5, 0.6) is 5.75 Å². The van der Waals surface area contributed by atoms with Gasteiger partial charge in [0.15, 0.2) is 0 Å². The van der Waals surface area contributed by atoms with E-state index in [1.807, 2.05) is 25.2 Å². The number of benzene rings is 1. The van der Waals surface area contributed by atoms with Gasteiger partial charge < -0.3 is 10.4 Å². The second-order valence-electron chi connectivity index (χ2n) is 4.39. The van der Waals surface area contributed by atoms with E-state index in [0.29, 0.717) is 18.7 Å². The SMILES string of the molecule is CCC(c1ccccc1O)N(C)CCC(=O)NC. The van der Waals surface area contributed by atoms with E-state index >= 15 is 0 Å². The highest BCUT2D eigenvalue weighted by Crippen LogP contribution is 2.29. The summed E-state index contributed by atoms with van der Waals surface area (Å²) in [5, 5.41) is 12.5. The summed E-state index contributed by atoms with van der Waals surface area (Å²) in [5.41, 5.74) is 0.916. The zero-order valence-corrected chi connectivity index (χ0v) is 11.3. The highest BCUT2D eigenvalue weighted by molar-refractivity contribution is 5.75. The minimum atomic E-state index is 0.0361. The molecule has 0 bridgehead atoms. The Morgan fingerprint density at radius 2 is 2.11 bits per heavy atom. The number of phenolic OH excluding ortho intramolecular Hbond substituents is 1. The van der Waals surface area contributed by atoms with Crippen molar-refractivity contribution in [3.8, 4) is 5.75 Å². The van der Waals surface area contributed by atoms with Gasteiger partial charge in [-0.05, 0) is 19.5 Å². The number of hydrogen-bond acceptors (Lipinski definition) is 3. The molecule has 100 valence electrons. The van der Waals surface area contributed by atoms with Crippen LogP contribution in [0.25, 0.3) is 0 Å². The zero-order chi connectivity index (χ0) is 13.5. The summed E-state index contributed by atoms with van der Waals surface area (Å²) in [6.07, 6.45) is 1.36. The molecule has 1 rings (SSSR count). The molecule has 18 heavy (non-hydrogen) atoms. The summed E-state index contributed by atoms with van der Waals surface area (Å²) in [5.74, 6) is 0.352. The Morgan fingerprint density at radius 1 is 1.44 bits per heavy atom. The van der Waals surface area contributed by atoms with Crippen LogP contribution in [0.15, 0.2) is 24.3 Å². The van der Waals surface area contributed by atoms with Crippen LogP contribution in [0.4, 0.5) is 0 Å². The molecule has 0 aliphatic heterocycles. The maximum absolute atomic E-state index is 11.2. The molecule has 0 aromatic heterocycles. The zero-order valence-electron chi connectivity index (χ0n) is 11.3. The van der Waals surface area contributed by atoms with Crippen molar-refractivity contribution >= 4 is 5.91 Å². The monoisotopic (exact) mass is 250 g/mol. The lowest BCUT2D eigenvalue weighted by atomic mass is 10.0. The number of hydrogen-bond donors (Lipinski definition) is 2. The van der Waals surface area contributed by atoms with Crippen LogP contribution < -0.4 is 5.32 Å². The van der Waals surface area contributed by atoms with Crippen molar-refractivity contribution < 1.29 is 9.90 Å². The van der Waals surface area contributed by atoms with Crippen LogP contribution in [0, 0.1) is 0 Å². The van der Waals surface area contributed by atoms with Crippen molar-refractivity contribution in [2.24, 2.45) is 0 Å². The first-order chi connectivity index (χ1) is 8.60. The van der Waals surface area contributed by atoms with E-state index in [2.05, 4.69) is 17.1 Å². The van der Waals surface area contributed by atoms with E-state index in [-0.39, 0.29) is 11.9 Å². The molecule has 2 N–H and O–H groups in total. The first-order valence-electron chi connectivity index (χ1n) is 6.28. The number of rotatable bonds is 6. The molecule has 1 amide bonds. The first kappa shape index (κ1) is 14.5. The number of nitrogens with one attached hydrogen (secondary N) is 1. The average molecular weight is 250 g/mol. The third-order valence-electron chi connectivity index (χ3n) is 3.18. The van der Waals surface area contributed by atoms with Gasteiger partial charge in [0.05, 0.1) is 0 Å². The van der Waals surface area contributed by atoms with Gasteiger partial charge in [0.25, 0.3) is 0 Å². The smallest absolute Gasteiger partial charge is 0.221 e. The number of phenols is 1. The van der Waals surface area contributed by atoms with Crippen LogP contribution in [-0.4, -0.2) is 36.6 Å². The summed E-state index contributed by atoms with van der Waals surface area (Å²) < 4.78 is 0. The van der Waals surface area contributed by atoms with Gasteiger partial charge in [-0.15, -0.1) is 0 Å². The minimum absolute atomic E-state index is 0.0361. The Hall–Kier alpha value is -1.55.